The number of carbonyl (C=O) groups excluding carboxylic acids is 2. The van der Waals surface area contributed by atoms with Gasteiger partial charge in [-0.15, -0.1) is 0 Å². The van der Waals surface area contributed by atoms with E-state index in [2.05, 4.69) is 13.8 Å². The summed E-state index contributed by atoms with van der Waals surface area (Å²) < 4.78 is 71.1. The lowest BCUT2D eigenvalue weighted by Crippen LogP contribution is -2.16. The van der Waals surface area contributed by atoms with E-state index in [1.54, 1.807) is 0 Å². The second-order valence-corrected chi connectivity index (χ2v) is 17.5. The van der Waals surface area contributed by atoms with Crippen LogP contribution in [0.4, 0.5) is 0 Å². The smallest absolute Gasteiger partial charge is 0.305 e. The molecule has 412 valence electrons. The Labute approximate surface area is 421 Å². The van der Waals surface area contributed by atoms with Gasteiger partial charge in [-0.1, -0.05) is 155 Å². The minimum absolute atomic E-state index is 0.133. The predicted octanol–water partition coefficient (Wildman–Crippen LogP) is 10.4. The van der Waals surface area contributed by atoms with E-state index >= 15 is 0 Å². The van der Waals surface area contributed by atoms with Crippen molar-refractivity contribution in [2.24, 2.45) is 0 Å². The van der Waals surface area contributed by atoms with E-state index in [4.69, 9.17) is 61.6 Å². The summed E-state index contributed by atoms with van der Waals surface area (Å²) in [5.41, 5.74) is 0. The van der Waals surface area contributed by atoms with Gasteiger partial charge in [0.05, 0.1) is 145 Å². The molecule has 15 nitrogen and oxygen atoms in total. The van der Waals surface area contributed by atoms with Crippen LogP contribution in [-0.2, 0) is 71.2 Å². The van der Waals surface area contributed by atoms with Gasteiger partial charge in [0.25, 0.3) is 0 Å². The van der Waals surface area contributed by atoms with Crippen LogP contribution >= 0.6 is 0 Å². The van der Waals surface area contributed by atoms with E-state index in [0.29, 0.717) is 158 Å². The molecule has 69 heavy (non-hydrogen) atoms. The number of rotatable bonds is 62. The van der Waals surface area contributed by atoms with Crippen LogP contribution in [0, 0.1) is 0 Å². The maximum absolute atomic E-state index is 11.9. The standard InChI is InChI=1S/C54H106O15/c1-3-5-7-9-11-13-14-15-16-17-18-20-22-24-26-28-54(56)69-52-50-67-48-46-65-44-42-63-40-38-61-36-34-59-32-30-57-29-31-58-33-35-60-37-39-62-41-43-64-45-47-66-49-51-68-53(55)27-25-23-21-19-12-10-8-6-4-2/h3-52H2,1-2H3. The normalized spacial score (nSPS) is 11.5. The van der Waals surface area contributed by atoms with Gasteiger partial charge in [-0.25, -0.2) is 0 Å². The SMILES string of the molecule is CCCCCCCCCCCCCCCCCC(=O)OCCOCCOCCOCCOCCOCCOCCOCCOCCOCCOCCOCCOC(=O)CCCCCCCCCCC. The van der Waals surface area contributed by atoms with Gasteiger partial charge >= 0.3 is 11.9 Å². The van der Waals surface area contributed by atoms with Gasteiger partial charge < -0.3 is 61.6 Å². The first kappa shape index (κ1) is 67.5. The fourth-order valence-electron chi connectivity index (χ4n) is 7.10. The van der Waals surface area contributed by atoms with Crippen molar-refractivity contribution in [2.45, 2.75) is 181 Å². The zero-order valence-electron chi connectivity index (χ0n) is 44.5. The second kappa shape index (κ2) is 62.6. The lowest BCUT2D eigenvalue weighted by Gasteiger charge is -2.09. The predicted molar refractivity (Wildman–Crippen MR) is 272 cm³/mol. The first-order chi connectivity index (χ1) is 34.2. The van der Waals surface area contributed by atoms with Crippen molar-refractivity contribution in [3.63, 3.8) is 0 Å². The summed E-state index contributed by atoms with van der Waals surface area (Å²) in [7, 11) is 0. The molecular weight excluding hydrogens is 889 g/mol. The third-order valence-corrected chi connectivity index (χ3v) is 11.2. The van der Waals surface area contributed by atoms with E-state index in [9.17, 15) is 9.59 Å². The minimum Gasteiger partial charge on any atom is -0.463 e. The molecule has 0 atom stereocenters. The molecule has 0 N–H and O–H groups in total. The quantitative estimate of drug-likeness (QED) is 0.0419. The third-order valence-electron chi connectivity index (χ3n) is 11.2. The van der Waals surface area contributed by atoms with Crippen molar-refractivity contribution in [1.82, 2.24) is 0 Å². The summed E-state index contributed by atoms with van der Waals surface area (Å²) in [5, 5.41) is 0. The van der Waals surface area contributed by atoms with E-state index < -0.39 is 0 Å². The van der Waals surface area contributed by atoms with Crippen LogP contribution in [0.5, 0.6) is 0 Å². The molecule has 0 aliphatic heterocycles. The maximum Gasteiger partial charge on any atom is 0.305 e. The van der Waals surface area contributed by atoms with Gasteiger partial charge in [0.2, 0.25) is 0 Å². The van der Waals surface area contributed by atoms with Crippen molar-refractivity contribution in [3.05, 3.63) is 0 Å². The van der Waals surface area contributed by atoms with Crippen molar-refractivity contribution >= 4 is 11.9 Å². The molecule has 0 aliphatic rings. The topological polar surface area (TPSA) is 154 Å². The molecule has 15 heteroatoms. The van der Waals surface area contributed by atoms with Gasteiger partial charge in [-0.2, -0.15) is 0 Å². The van der Waals surface area contributed by atoms with Crippen LogP contribution in [0.15, 0.2) is 0 Å². The first-order valence-corrected chi connectivity index (χ1v) is 27.9. The van der Waals surface area contributed by atoms with Crippen LogP contribution in [0.3, 0.4) is 0 Å². The average Bonchev–Trinajstić information content (AvgIpc) is 3.35. The maximum atomic E-state index is 11.9. The number of hydrogen-bond donors (Lipinski definition) is 0. The van der Waals surface area contributed by atoms with Gasteiger partial charge in [0, 0.05) is 12.8 Å². The van der Waals surface area contributed by atoms with Crippen LogP contribution < -0.4 is 0 Å². The molecule has 0 spiro atoms. The molecule has 0 bridgehead atoms. The monoisotopic (exact) mass is 995 g/mol. The molecule has 0 saturated heterocycles. The summed E-state index contributed by atoms with van der Waals surface area (Å²) in [6.07, 6.45) is 31.7. The summed E-state index contributed by atoms with van der Waals surface area (Å²) in [5.74, 6) is -0.272. The van der Waals surface area contributed by atoms with E-state index in [-0.39, 0.29) is 25.2 Å². The fraction of sp³-hybridized carbons (Fsp3) is 0.963. The van der Waals surface area contributed by atoms with Crippen LogP contribution in [-0.4, -0.2) is 171 Å². The molecule has 0 unspecified atom stereocenters. The molecule has 0 heterocycles. The highest BCUT2D eigenvalue weighted by molar-refractivity contribution is 5.69. The van der Waals surface area contributed by atoms with Crippen molar-refractivity contribution in [3.8, 4) is 0 Å². The van der Waals surface area contributed by atoms with Crippen LogP contribution in [0.25, 0.3) is 0 Å². The molecule has 0 amide bonds. The molecule has 0 aromatic rings. The van der Waals surface area contributed by atoms with E-state index in [0.717, 1.165) is 25.7 Å². The van der Waals surface area contributed by atoms with E-state index in [1.807, 2.05) is 0 Å². The minimum atomic E-state index is -0.139. The highest BCUT2D eigenvalue weighted by Crippen LogP contribution is 2.14. The highest BCUT2D eigenvalue weighted by Gasteiger charge is 2.05. The average molecular weight is 995 g/mol. The van der Waals surface area contributed by atoms with Crippen LogP contribution in [0.2, 0.25) is 0 Å². The Kier molecular flexibility index (Phi) is 61.3. The van der Waals surface area contributed by atoms with Crippen LogP contribution in [0.1, 0.15) is 181 Å². The number of carbonyl (C=O) groups is 2. The zero-order valence-corrected chi connectivity index (χ0v) is 44.5. The Morgan fingerprint density at radius 1 is 0.203 bits per heavy atom. The van der Waals surface area contributed by atoms with Gasteiger partial charge in [-0.3, -0.25) is 9.59 Å². The summed E-state index contributed by atoms with van der Waals surface area (Å²) in [6, 6.07) is 0. The Bertz CT molecular complexity index is 978. The van der Waals surface area contributed by atoms with Crippen molar-refractivity contribution in [1.29, 1.82) is 0 Å². The summed E-state index contributed by atoms with van der Waals surface area (Å²) in [6.45, 7) is 15.5. The first-order valence-electron chi connectivity index (χ1n) is 27.9. The Morgan fingerprint density at radius 2 is 0.348 bits per heavy atom. The Morgan fingerprint density at radius 3 is 0.522 bits per heavy atom. The highest BCUT2D eigenvalue weighted by atomic mass is 16.6. The van der Waals surface area contributed by atoms with E-state index in [1.165, 1.54) is 128 Å². The molecule has 0 aromatic carbocycles. The molecule has 0 aliphatic carbocycles. The lowest BCUT2D eigenvalue weighted by atomic mass is 10.0. The number of ether oxygens (including phenoxy) is 13. The number of esters is 2. The molecule has 0 saturated carbocycles. The molecule has 0 radical (unpaired) electrons. The second-order valence-electron chi connectivity index (χ2n) is 17.5. The molecule has 0 aromatic heterocycles. The fourth-order valence-corrected chi connectivity index (χ4v) is 7.10. The van der Waals surface area contributed by atoms with Gasteiger partial charge in [-0.05, 0) is 12.8 Å². The Hall–Kier alpha value is -1.50. The molecule has 0 rings (SSSR count). The zero-order chi connectivity index (χ0) is 49.7. The third kappa shape index (κ3) is 62.6. The Balaban J connectivity index is 3.15. The molecule has 0 fully saturated rings. The number of hydrogen-bond acceptors (Lipinski definition) is 15. The summed E-state index contributed by atoms with van der Waals surface area (Å²) >= 11 is 0. The number of unbranched alkanes of at least 4 members (excludes halogenated alkanes) is 22. The summed E-state index contributed by atoms with van der Waals surface area (Å²) in [4.78, 5) is 23.8. The van der Waals surface area contributed by atoms with Crippen molar-refractivity contribution in [2.75, 3.05) is 159 Å². The molecular formula is C54H106O15. The van der Waals surface area contributed by atoms with Crippen molar-refractivity contribution < 1.29 is 71.2 Å². The largest absolute Gasteiger partial charge is 0.463 e. The van der Waals surface area contributed by atoms with Gasteiger partial charge in [0.1, 0.15) is 13.2 Å². The van der Waals surface area contributed by atoms with Gasteiger partial charge in [0.15, 0.2) is 0 Å². The lowest BCUT2D eigenvalue weighted by molar-refractivity contribution is -0.146.